The number of hydrogen-bond donors (Lipinski definition) is 0. The highest BCUT2D eigenvalue weighted by Gasteiger charge is 2.21. The minimum atomic E-state index is -0.318. The van der Waals surface area contributed by atoms with E-state index in [2.05, 4.69) is 9.88 Å². The van der Waals surface area contributed by atoms with E-state index >= 15 is 0 Å². The van der Waals surface area contributed by atoms with Crippen molar-refractivity contribution in [1.82, 2.24) is 9.88 Å². The molecule has 0 spiro atoms. The highest BCUT2D eigenvalue weighted by molar-refractivity contribution is 7.22. The molecule has 2 aromatic carbocycles. The lowest BCUT2D eigenvalue weighted by atomic mass is 10.3. The molecule has 7 nitrogen and oxygen atoms in total. The van der Waals surface area contributed by atoms with Gasteiger partial charge in [0.25, 0.3) is 5.91 Å². The van der Waals surface area contributed by atoms with Crippen LogP contribution in [0.5, 0.6) is 11.5 Å². The summed E-state index contributed by atoms with van der Waals surface area (Å²) >= 11 is 1.31. The lowest BCUT2D eigenvalue weighted by Gasteiger charge is -2.27. The Labute approximate surface area is 208 Å². The fraction of sp³-hybridized carbons (Fsp3) is 0.417. The normalized spacial score (nSPS) is 13.9. The molecule has 1 saturated heterocycles. The molecular weight excluding hydrogens is 481 g/mol. The van der Waals surface area contributed by atoms with E-state index in [-0.39, 0.29) is 30.7 Å². The molecule has 4 rings (SSSR count). The molecule has 0 N–H and O–H groups in total. The Balaban J connectivity index is 0.00000324. The molecule has 0 saturated carbocycles. The maximum atomic E-state index is 13.7. The van der Waals surface area contributed by atoms with Crippen LogP contribution >= 0.6 is 23.7 Å². The van der Waals surface area contributed by atoms with Crippen LogP contribution < -0.4 is 14.4 Å². The molecule has 34 heavy (non-hydrogen) atoms. The fourth-order valence-electron chi connectivity index (χ4n) is 3.63. The molecule has 0 aliphatic carbocycles. The molecule has 1 amide bonds. The summed E-state index contributed by atoms with van der Waals surface area (Å²) in [4.78, 5) is 21.7. The number of halogens is 2. The standard InChI is InChI=1S/C24H28FN3O4S.ClH/c1-2-31-19-5-7-20(8-6-19)32-17-23(29)28(11-3-10-27-12-14-30-15-13-27)24-26-21-9-4-18(25)16-22(21)33-24;/h4-9,16H,2-3,10-15,17H2,1H3;1H. The lowest BCUT2D eigenvalue weighted by Crippen LogP contribution is -2.40. The first-order valence-electron chi connectivity index (χ1n) is 11.1. The number of ether oxygens (including phenoxy) is 3. The van der Waals surface area contributed by atoms with E-state index in [4.69, 9.17) is 14.2 Å². The van der Waals surface area contributed by atoms with E-state index in [0.29, 0.717) is 34.2 Å². The molecular formula is C24H29ClFN3O4S. The monoisotopic (exact) mass is 509 g/mol. The Bertz CT molecular complexity index is 1060. The van der Waals surface area contributed by atoms with Gasteiger partial charge in [0.05, 0.1) is 30.0 Å². The van der Waals surface area contributed by atoms with Crippen LogP contribution in [0.25, 0.3) is 10.2 Å². The van der Waals surface area contributed by atoms with Crippen molar-refractivity contribution in [2.45, 2.75) is 13.3 Å². The third-order valence-electron chi connectivity index (χ3n) is 5.33. The van der Waals surface area contributed by atoms with Crippen LogP contribution in [0.2, 0.25) is 0 Å². The number of morpholine rings is 1. The van der Waals surface area contributed by atoms with Gasteiger partial charge in [0.2, 0.25) is 0 Å². The number of aromatic nitrogens is 1. The van der Waals surface area contributed by atoms with Crippen LogP contribution in [0, 0.1) is 5.82 Å². The molecule has 0 atom stereocenters. The Morgan fingerprint density at radius 3 is 2.56 bits per heavy atom. The topological polar surface area (TPSA) is 64.1 Å². The van der Waals surface area contributed by atoms with Crippen molar-refractivity contribution in [2.75, 3.05) is 57.5 Å². The summed E-state index contributed by atoms with van der Waals surface area (Å²) in [6.45, 7) is 7.04. The van der Waals surface area contributed by atoms with Gasteiger partial charge >= 0.3 is 0 Å². The predicted octanol–water partition coefficient (Wildman–Crippen LogP) is 4.39. The second-order valence-electron chi connectivity index (χ2n) is 7.65. The Hall–Kier alpha value is -2.46. The second kappa shape index (κ2) is 12.9. The highest BCUT2D eigenvalue weighted by atomic mass is 35.5. The van der Waals surface area contributed by atoms with Gasteiger partial charge < -0.3 is 14.2 Å². The van der Waals surface area contributed by atoms with E-state index in [9.17, 15) is 9.18 Å². The van der Waals surface area contributed by atoms with Crippen molar-refractivity contribution < 1.29 is 23.4 Å². The van der Waals surface area contributed by atoms with Gasteiger partial charge in [-0.3, -0.25) is 14.6 Å². The van der Waals surface area contributed by atoms with Crippen LogP contribution in [0.3, 0.4) is 0 Å². The Kier molecular flexibility index (Phi) is 9.88. The van der Waals surface area contributed by atoms with Gasteiger partial charge in [-0.1, -0.05) is 11.3 Å². The summed E-state index contributed by atoms with van der Waals surface area (Å²) in [5.74, 6) is 0.834. The van der Waals surface area contributed by atoms with Gasteiger partial charge in [0, 0.05) is 26.2 Å². The van der Waals surface area contributed by atoms with Crippen LogP contribution in [0.4, 0.5) is 9.52 Å². The van der Waals surface area contributed by atoms with Gasteiger partial charge in [-0.25, -0.2) is 9.37 Å². The summed E-state index contributed by atoms with van der Waals surface area (Å²) in [6, 6.07) is 11.6. The molecule has 3 aromatic rings. The third-order valence-corrected chi connectivity index (χ3v) is 6.37. The van der Waals surface area contributed by atoms with Gasteiger partial charge in [-0.05, 0) is 55.8 Å². The number of hydrogen-bond acceptors (Lipinski definition) is 7. The zero-order valence-corrected chi connectivity index (χ0v) is 20.7. The Morgan fingerprint density at radius 2 is 1.85 bits per heavy atom. The quantitative estimate of drug-likeness (QED) is 0.404. The van der Waals surface area contributed by atoms with E-state index in [1.54, 1.807) is 23.1 Å². The smallest absolute Gasteiger partial charge is 0.266 e. The number of carbonyl (C=O) groups is 1. The number of nitrogens with zero attached hydrogens (tertiary/aromatic N) is 3. The largest absolute Gasteiger partial charge is 0.494 e. The van der Waals surface area contributed by atoms with Gasteiger partial charge in [0.15, 0.2) is 11.7 Å². The molecule has 1 aliphatic rings. The third kappa shape index (κ3) is 7.02. The van der Waals surface area contributed by atoms with Crippen LogP contribution in [0.1, 0.15) is 13.3 Å². The van der Waals surface area contributed by atoms with Crippen molar-refractivity contribution >= 4 is 45.0 Å². The number of rotatable bonds is 10. The zero-order chi connectivity index (χ0) is 23.0. The summed E-state index contributed by atoms with van der Waals surface area (Å²) in [5, 5.41) is 0.554. The average molecular weight is 510 g/mol. The van der Waals surface area contributed by atoms with Crippen LogP contribution in [-0.2, 0) is 9.53 Å². The molecule has 1 aliphatic heterocycles. The molecule has 1 fully saturated rings. The summed E-state index contributed by atoms with van der Waals surface area (Å²) in [6.07, 6.45) is 0.791. The van der Waals surface area contributed by atoms with E-state index < -0.39 is 0 Å². The first kappa shape index (κ1) is 26.2. The summed E-state index contributed by atoms with van der Waals surface area (Å²) in [5.41, 5.74) is 0.676. The second-order valence-corrected chi connectivity index (χ2v) is 8.66. The Morgan fingerprint density at radius 1 is 1.15 bits per heavy atom. The number of carbonyl (C=O) groups excluding carboxylic acids is 1. The molecule has 184 valence electrons. The number of fused-ring (bicyclic) bond motifs is 1. The number of amides is 1. The maximum absolute atomic E-state index is 13.7. The molecule has 1 aromatic heterocycles. The summed E-state index contributed by atoms with van der Waals surface area (Å²) in [7, 11) is 0. The highest BCUT2D eigenvalue weighted by Crippen LogP contribution is 2.30. The van der Waals surface area contributed by atoms with Gasteiger partial charge in [-0.15, -0.1) is 12.4 Å². The molecule has 0 radical (unpaired) electrons. The van der Waals surface area contributed by atoms with Crippen molar-refractivity contribution in [3.05, 3.63) is 48.3 Å². The molecule has 2 heterocycles. The predicted molar refractivity (Wildman–Crippen MR) is 134 cm³/mol. The molecule has 0 bridgehead atoms. The van der Waals surface area contributed by atoms with Crippen molar-refractivity contribution in [2.24, 2.45) is 0 Å². The number of thiazole rings is 1. The van der Waals surface area contributed by atoms with E-state index in [0.717, 1.165) is 45.0 Å². The summed E-state index contributed by atoms with van der Waals surface area (Å²) < 4.78 is 30.9. The van der Waals surface area contributed by atoms with E-state index in [1.807, 2.05) is 19.1 Å². The van der Waals surface area contributed by atoms with Gasteiger partial charge in [-0.2, -0.15) is 0 Å². The average Bonchev–Trinajstić information content (AvgIpc) is 3.25. The fourth-order valence-corrected chi connectivity index (χ4v) is 4.66. The van der Waals surface area contributed by atoms with Crippen molar-refractivity contribution in [1.29, 1.82) is 0 Å². The SMILES string of the molecule is CCOc1ccc(OCC(=O)N(CCCN2CCOCC2)c2nc3ccc(F)cc3s2)cc1.Cl. The molecule has 10 heteroatoms. The maximum Gasteiger partial charge on any atom is 0.266 e. The minimum Gasteiger partial charge on any atom is -0.494 e. The van der Waals surface area contributed by atoms with E-state index in [1.165, 1.54) is 23.5 Å². The number of benzene rings is 2. The first-order chi connectivity index (χ1) is 16.1. The van der Waals surface area contributed by atoms with Crippen LogP contribution in [-0.4, -0.2) is 68.4 Å². The number of anilines is 1. The first-order valence-corrected chi connectivity index (χ1v) is 12.0. The van der Waals surface area contributed by atoms with Gasteiger partial charge in [0.1, 0.15) is 17.3 Å². The molecule has 0 unspecified atom stereocenters. The van der Waals surface area contributed by atoms with Crippen molar-refractivity contribution in [3.63, 3.8) is 0 Å². The lowest BCUT2D eigenvalue weighted by molar-refractivity contribution is -0.120. The zero-order valence-electron chi connectivity index (χ0n) is 19.1. The van der Waals surface area contributed by atoms with Crippen LogP contribution in [0.15, 0.2) is 42.5 Å². The minimum absolute atomic E-state index is 0. The van der Waals surface area contributed by atoms with Crippen molar-refractivity contribution in [3.8, 4) is 11.5 Å².